The third kappa shape index (κ3) is 3.51. The Labute approximate surface area is 161 Å². The van der Waals surface area contributed by atoms with E-state index in [0.29, 0.717) is 37.7 Å². The summed E-state index contributed by atoms with van der Waals surface area (Å²) in [5, 5.41) is 0. The molecule has 2 heterocycles. The molecular weight excluding hydrogens is 394 g/mol. The third-order valence-corrected chi connectivity index (χ3v) is 5.72. The highest BCUT2D eigenvalue weighted by atomic mass is 79.9. The molecule has 1 aromatic heterocycles. The van der Waals surface area contributed by atoms with Crippen LogP contribution in [0.3, 0.4) is 0 Å². The first kappa shape index (κ1) is 17.2. The fourth-order valence-electron chi connectivity index (χ4n) is 3.58. The molecule has 1 saturated carbocycles. The van der Waals surface area contributed by atoms with Crippen LogP contribution in [-0.4, -0.2) is 52.8 Å². The minimum absolute atomic E-state index is 0.00985. The highest BCUT2D eigenvalue weighted by Crippen LogP contribution is 2.48. The van der Waals surface area contributed by atoms with Gasteiger partial charge in [-0.2, -0.15) is 0 Å². The lowest BCUT2D eigenvalue weighted by atomic mass is 10.1. The predicted octanol–water partition coefficient (Wildman–Crippen LogP) is 2.93. The minimum atomic E-state index is -0.00985. The number of amides is 2. The van der Waals surface area contributed by atoms with Crippen LogP contribution in [-0.2, 0) is 4.79 Å². The first-order valence-electron chi connectivity index (χ1n) is 8.87. The van der Waals surface area contributed by atoms with E-state index in [1.54, 1.807) is 29.4 Å². The van der Waals surface area contributed by atoms with E-state index in [-0.39, 0.29) is 17.7 Å². The number of pyridine rings is 1. The maximum atomic E-state index is 12.8. The molecule has 1 aromatic carbocycles. The van der Waals surface area contributed by atoms with Gasteiger partial charge in [0.2, 0.25) is 5.91 Å². The molecule has 6 heteroatoms. The zero-order valence-electron chi connectivity index (χ0n) is 14.3. The van der Waals surface area contributed by atoms with Gasteiger partial charge in [0.15, 0.2) is 0 Å². The Bertz CT molecular complexity index is 802. The molecule has 1 saturated heterocycles. The van der Waals surface area contributed by atoms with E-state index in [9.17, 15) is 9.59 Å². The van der Waals surface area contributed by atoms with Crippen molar-refractivity contribution in [1.29, 1.82) is 0 Å². The van der Waals surface area contributed by atoms with Crippen LogP contribution in [0.15, 0.2) is 53.3 Å². The standard InChI is InChI=1S/C20H20BrN3O2/c21-16-5-3-14(4-6-16)17-12-18(17)20(26)24-10-8-23(9-11-24)19(25)15-2-1-7-22-13-15/h1-7,13,17-18H,8-12H2. The average molecular weight is 414 g/mol. The largest absolute Gasteiger partial charge is 0.339 e. The number of nitrogens with zero attached hydrogens (tertiary/aromatic N) is 3. The maximum Gasteiger partial charge on any atom is 0.255 e. The number of hydrogen-bond acceptors (Lipinski definition) is 3. The van der Waals surface area contributed by atoms with Gasteiger partial charge in [0.05, 0.1) is 5.56 Å². The van der Waals surface area contributed by atoms with Crippen molar-refractivity contribution >= 4 is 27.7 Å². The molecular formula is C20H20BrN3O2. The molecule has 134 valence electrons. The van der Waals surface area contributed by atoms with E-state index in [0.717, 1.165) is 10.9 Å². The van der Waals surface area contributed by atoms with Crippen molar-refractivity contribution in [2.24, 2.45) is 5.92 Å². The smallest absolute Gasteiger partial charge is 0.255 e. The van der Waals surface area contributed by atoms with Crippen molar-refractivity contribution in [2.45, 2.75) is 12.3 Å². The van der Waals surface area contributed by atoms with E-state index >= 15 is 0 Å². The molecule has 1 aliphatic heterocycles. The number of aromatic nitrogens is 1. The van der Waals surface area contributed by atoms with Crippen molar-refractivity contribution in [3.05, 3.63) is 64.4 Å². The van der Waals surface area contributed by atoms with Gasteiger partial charge in [-0.05, 0) is 42.2 Å². The van der Waals surface area contributed by atoms with E-state index in [4.69, 9.17) is 0 Å². The molecule has 2 aromatic rings. The molecule has 2 unspecified atom stereocenters. The summed E-state index contributed by atoms with van der Waals surface area (Å²) in [5.41, 5.74) is 1.83. The highest BCUT2D eigenvalue weighted by molar-refractivity contribution is 9.10. The molecule has 0 bridgehead atoms. The second kappa shape index (κ2) is 7.19. The lowest BCUT2D eigenvalue weighted by Crippen LogP contribution is -2.51. The molecule has 0 spiro atoms. The molecule has 2 amide bonds. The summed E-state index contributed by atoms with van der Waals surface area (Å²) in [7, 11) is 0. The zero-order chi connectivity index (χ0) is 18.1. The van der Waals surface area contributed by atoms with Crippen LogP contribution in [0.4, 0.5) is 0 Å². The number of piperazine rings is 1. The minimum Gasteiger partial charge on any atom is -0.339 e. The Balaban J connectivity index is 1.32. The van der Waals surface area contributed by atoms with Crippen LogP contribution in [0.25, 0.3) is 0 Å². The Kier molecular flexibility index (Phi) is 4.76. The van der Waals surface area contributed by atoms with Crippen LogP contribution < -0.4 is 0 Å². The van der Waals surface area contributed by atoms with E-state index in [1.165, 1.54) is 5.56 Å². The summed E-state index contributed by atoms with van der Waals surface area (Å²) in [5.74, 6) is 0.651. The Morgan fingerprint density at radius 1 is 1.00 bits per heavy atom. The number of halogens is 1. The quantitative estimate of drug-likeness (QED) is 0.776. The molecule has 2 aliphatic rings. The SMILES string of the molecule is O=C(c1cccnc1)N1CCN(C(=O)C2CC2c2ccc(Br)cc2)CC1. The van der Waals surface area contributed by atoms with E-state index in [2.05, 4.69) is 33.0 Å². The fourth-order valence-corrected chi connectivity index (χ4v) is 3.85. The summed E-state index contributed by atoms with van der Waals surface area (Å²) in [6, 6.07) is 11.8. The summed E-state index contributed by atoms with van der Waals surface area (Å²) >= 11 is 3.44. The van der Waals surface area contributed by atoms with E-state index < -0.39 is 0 Å². The number of carbonyl (C=O) groups excluding carboxylic acids is 2. The number of benzene rings is 1. The molecule has 2 fully saturated rings. The Morgan fingerprint density at radius 2 is 1.69 bits per heavy atom. The van der Waals surface area contributed by atoms with Gasteiger partial charge in [-0.25, -0.2) is 0 Å². The van der Waals surface area contributed by atoms with Crippen LogP contribution in [0.5, 0.6) is 0 Å². The van der Waals surface area contributed by atoms with Gasteiger partial charge in [-0.15, -0.1) is 0 Å². The molecule has 5 nitrogen and oxygen atoms in total. The van der Waals surface area contributed by atoms with Gasteiger partial charge >= 0.3 is 0 Å². The highest BCUT2D eigenvalue weighted by Gasteiger charge is 2.46. The second-order valence-electron chi connectivity index (χ2n) is 6.86. The average Bonchev–Trinajstić information content (AvgIpc) is 3.49. The molecule has 0 radical (unpaired) electrons. The van der Waals surface area contributed by atoms with Crippen LogP contribution >= 0.6 is 15.9 Å². The molecule has 4 rings (SSSR count). The molecule has 0 N–H and O–H groups in total. The summed E-state index contributed by atoms with van der Waals surface area (Å²) < 4.78 is 1.05. The predicted molar refractivity (Wildman–Crippen MR) is 102 cm³/mol. The summed E-state index contributed by atoms with van der Waals surface area (Å²) in [4.78, 5) is 32.9. The van der Waals surface area contributed by atoms with Gasteiger partial charge in [0, 0.05) is 49.0 Å². The van der Waals surface area contributed by atoms with Gasteiger partial charge in [-0.1, -0.05) is 28.1 Å². The van der Waals surface area contributed by atoms with E-state index in [1.807, 2.05) is 17.0 Å². The summed E-state index contributed by atoms with van der Waals surface area (Å²) in [6.07, 6.45) is 4.17. The van der Waals surface area contributed by atoms with Gasteiger partial charge in [-0.3, -0.25) is 14.6 Å². The zero-order valence-corrected chi connectivity index (χ0v) is 15.9. The van der Waals surface area contributed by atoms with Gasteiger partial charge in [0.25, 0.3) is 5.91 Å². The number of carbonyl (C=O) groups is 2. The van der Waals surface area contributed by atoms with Crippen LogP contribution in [0.1, 0.15) is 28.3 Å². The second-order valence-corrected chi connectivity index (χ2v) is 7.78. The lowest BCUT2D eigenvalue weighted by molar-refractivity contribution is -0.134. The third-order valence-electron chi connectivity index (χ3n) is 5.19. The summed E-state index contributed by atoms with van der Waals surface area (Å²) in [6.45, 7) is 2.37. The molecule has 26 heavy (non-hydrogen) atoms. The molecule has 2 atom stereocenters. The van der Waals surface area contributed by atoms with Crippen molar-refractivity contribution in [2.75, 3.05) is 26.2 Å². The first-order chi connectivity index (χ1) is 12.6. The Morgan fingerprint density at radius 3 is 2.35 bits per heavy atom. The monoisotopic (exact) mass is 413 g/mol. The van der Waals surface area contributed by atoms with Gasteiger partial charge < -0.3 is 9.80 Å². The van der Waals surface area contributed by atoms with Crippen molar-refractivity contribution in [1.82, 2.24) is 14.8 Å². The van der Waals surface area contributed by atoms with Crippen molar-refractivity contribution in [3.63, 3.8) is 0 Å². The fraction of sp³-hybridized carbons (Fsp3) is 0.350. The van der Waals surface area contributed by atoms with Crippen LogP contribution in [0, 0.1) is 5.92 Å². The number of hydrogen-bond donors (Lipinski definition) is 0. The molecule has 1 aliphatic carbocycles. The maximum absolute atomic E-state index is 12.8. The van der Waals surface area contributed by atoms with Crippen LogP contribution in [0.2, 0.25) is 0 Å². The Hall–Kier alpha value is -2.21. The topological polar surface area (TPSA) is 53.5 Å². The van der Waals surface area contributed by atoms with Crippen molar-refractivity contribution < 1.29 is 9.59 Å². The number of rotatable bonds is 3. The normalized spacial score (nSPS) is 22.2. The lowest BCUT2D eigenvalue weighted by Gasteiger charge is -2.35. The van der Waals surface area contributed by atoms with Gasteiger partial charge in [0.1, 0.15) is 0 Å². The van der Waals surface area contributed by atoms with Crippen molar-refractivity contribution in [3.8, 4) is 0 Å². The first-order valence-corrected chi connectivity index (χ1v) is 9.66.